The molecule has 7 nitrogen and oxygen atoms in total. The van der Waals surface area contributed by atoms with Gasteiger partial charge in [0, 0.05) is 17.0 Å². The van der Waals surface area contributed by atoms with Crippen LogP contribution in [0.3, 0.4) is 0 Å². The van der Waals surface area contributed by atoms with Crippen molar-refractivity contribution < 1.29 is 29.0 Å². The lowest BCUT2D eigenvalue weighted by molar-refractivity contribution is -0.137. The van der Waals surface area contributed by atoms with Crippen LogP contribution >= 0.6 is 11.6 Å². The summed E-state index contributed by atoms with van der Waals surface area (Å²) in [6.45, 7) is 0. The number of halogens is 1. The minimum Gasteiger partial charge on any atom is -0.481 e. The number of carboxylic acid groups (broad SMARTS) is 2. The zero-order chi connectivity index (χ0) is 21.7. The predicted molar refractivity (Wildman–Crippen MR) is 110 cm³/mol. The Labute approximate surface area is 177 Å². The molecular formula is C22H20ClNO6. The molecule has 1 aromatic carbocycles. The molecule has 1 aliphatic rings. The first kappa shape index (κ1) is 21.4. The number of rotatable bonds is 8. The Bertz CT molecular complexity index is 1000. The lowest BCUT2D eigenvalue weighted by Crippen LogP contribution is -2.38. The van der Waals surface area contributed by atoms with Crippen LogP contribution in [0.2, 0.25) is 0 Å². The van der Waals surface area contributed by atoms with E-state index in [0.717, 1.165) is 22.6 Å². The van der Waals surface area contributed by atoms with E-state index in [1.54, 1.807) is 0 Å². The van der Waals surface area contributed by atoms with Gasteiger partial charge >= 0.3 is 11.9 Å². The molecule has 0 fully saturated rings. The van der Waals surface area contributed by atoms with E-state index in [1.807, 2.05) is 36.4 Å². The van der Waals surface area contributed by atoms with E-state index in [2.05, 4.69) is 11.4 Å². The predicted octanol–water partition coefficient (Wildman–Crippen LogP) is 3.96. The Hall–Kier alpha value is -3.32. The van der Waals surface area contributed by atoms with Gasteiger partial charge in [-0.2, -0.15) is 0 Å². The normalized spacial score (nSPS) is 16.6. The van der Waals surface area contributed by atoms with Crippen LogP contribution in [0, 0.1) is 0 Å². The van der Waals surface area contributed by atoms with Crippen molar-refractivity contribution in [3.8, 4) is 0 Å². The maximum Gasteiger partial charge on any atom is 0.371 e. The molecule has 2 aromatic rings. The molecule has 2 atom stereocenters. The first-order valence-corrected chi connectivity index (χ1v) is 9.67. The second-order valence-electron chi connectivity index (χ2n) is 6.99. The molecule has 1 heterocycles. The van der Waals surface area contributed by atoms with Crippen LogP contribution in [0.15, 0.2) is 64.1 Å². The fraction of sp³-hybridized carbons (Fsp3) is 0.227. The van der Waals surface area contributed by atoms with Crippen LogP contribution < -0.4 is 5.32 Å². The van der Waals surface area contributed by atoms with Crippen LogP contribution in [-0.4, -0.2) is 34.1 Å². The van der Waals surface area contributed by atoms with Gasteiger partial charge in [0.05, 0.1) is 6.42 Å². The topological polar surface area (TPSA) is 117 Å². The monoisotopic (exact) mass is 429 g/mol. The highest BCUT2D eigenvalue weighted by atomic mass is 35.5. The third kappa shape index (κ3) is 5.61. The molecule has 30 heavy (non-hydrogen) atoms. The number of carboxylic acids is 2. The summed E-state index contributed by atoms with van der Waals surface area (Å²) in [7, 11) is 0. The lowest BCUT2D eigenvalue weighted by atomic mass is 9.91. The molecule has 1 aromatic heterocycles. The number of aromatic carboxylic acids is 1. The second-order valence-corrected chi connectivity index (χ2v) is 7.48. The quantitative estimate of drug-likeness (QED) is 0.584. The van der Waals surface area contributed by atoms with E-state index in [1.165, 1.54) is 12.1 Å². The Kier molecular flexibility index (Phi) is 6.74. The molecule has 8 heteroatoms. The summed E-state index contributed by atoms with van der Waals surface area (Å²) in [6.07, 6.45) is 6.61. The average Bonchev–Trinajstić information content (AvgIpc) is 3.19. The fourth-order valence-electron chi connectivity index (χ4n) is 3.27. The smallest absolute Gasteiger partial charge is 0.371 e. The van der Waals surface area contributed by atoms with E-state index in [0.29, 0.717) is 6.42 Å². The largest absolute Gasteiger partial charge is 0.481 e. The van der Waals surface area contributed by atoms with E-state index in [4.69, 9.17) is 21.1 Å². The van der Waals surface area contributed by atoms with Gasteiger partial charge in [-0.15, -0.1) is 0 Å². The fourth-order valence-corrected chi connectivity index (χ4v) is 3.51. The van der Waals surface area contributed by atoms with Crippen molar-refractivity contribution in [3.63, 3.8) is 0 Å². The number of nitrogens with one attached hydrogen (secondary N) is 1. The minimum absolute atomic E-state index is 0.188. The number of hydrogen-bond acceptors (Lipinski definition) is 4. The maximum atomic E-state index is 12.3. The molecular weight excluding hydrogens is 410 g/mol. The lowest BCUT2D eigenvalue weighted by Gasteiger charge is -2.18. The summed E-state index contributed by atoms with van der Waals surface area (Å²) >= 11 is 6.10. The molecule has 1 aliphatic carbocycles. The number of allylic oxidation sites excluding steroid dienone is 4. The molecule has 0 saturated carbocycles. The van der Waals surface area contributed by atoms with E-state index < -0.39 is 23.9 Å². The summed E-state index contributed by atoms with van der Waals surface area (Å²) in [4.78, 5) is 34.5. The Morgan fingerprint density at radius 2 is 1.80 bits per heavy atom. The van der Waals surface area contributed by atoms with Crippen LogP contribution in [-0.2, 0) is 11.2 Å². The molecule has 1 unspecified atom stereocenters. The summed E-state index contributed by atoms with van der Waals surface area (Å²) in [5, 5.41) is 21.5. The highest BCUT2D eigenvalue weighted by molar-refractivity contribution is 6.29. The highest BCUT2D eigenvalue weighted by Gasteiger charge is 2.21. The molecule has 3 rings (SSSR count). The number of hydrogen-bond donors (Lipinski definition) is 3. The van der Waals surface area contributed by atoms with Gasteiger partial charge in [-0.1, -0.05) is 48.0 Å². The highest BCUT2D eigenvalue weighted by Crippen LogP contribution is 2.30. The summed E-state index contributed by atoms with van der Waals surface area (Å²) < 4.78 is 4.97. The van der Waals surface area contributed by atoms with E-state index in [-0.39, 0.29) is 23.9 Å². The van der Waals surface area contributed by atoms with Crippen molar-refractivity contribution in [2.75, 3.05) is 0 Å². The number of aliphatic carboxylic acids is 1. The number of carbonyl (C=O) groups is 3. The first-order valence-electron chi connectivity index (χ1n) is 9.29. The van der Waals surface area contributed by atoms with Crippen LogP contribution in [0.25, 0.3) is 0 Å². The number of carbonyl (C=O) groups excluding carboxylic acids is 1. The first-order chi connectivity index (χ1) is 14.3. The van der Waals surface area contributed by atoms with Crippen molar-refractivity contribution in [1.29, 1.82) is 0 Å². The van der Waals surface area contributed by atoms with Gasteiger partial charge in [-0.25, -0.2) is 4.79 Å². The molecule has 0 aliphatic heterocycles. The van der Waals surface area contributed by atoms with Crippen molar-refractivity contribution in [2.45, 2.75) is 31.2 Å². The van der Waals surface area contributed by atoms with Crippen LogP contribution in [0.4, 0.5) is 0 Å². The summed E-state index contributed by atoms with van der Waals surface area (Å²) in [6, 6.07) is 9.44. The van der Waals surface area contributed by atoms with Crippen molar-refractivity contribution in [1.82, 2.24) is 5.32 Å². The number of furan rings is 1. The zero-order valence-corrected chi connectivity index (χ0v) is 16.6. The van der Waals surface area contributed by atoms with E-state index in [9.17, 15) is 19.5 Å². The van der Waals surface area contributed by atoms with Gasteiger partial charge < -0.3 is 19.9 Å². The summed E-state index contributed by atoms with van der Waals surface area (Å²) in [5.41, 5.74) is 1.95. The second kappa shape index (κ2) is 9.45. The van der Waals surface area contributed by atoms with Gasteiger partial charge in [0.2, 0.25) is 5.76 Å². The van der Waals surface area contributed by atoms with Gasteiger partial charge in [0.1, 0.15) is 0 Å². The molecule has 156 valence electrons. The average molecular weight is 430 g/mol. The Morgan fingerprint density at radius 3 is 2.40 bits per heavy atom. The number of benzene rings is 1. The molecule has 0 radical (unpaired) electrons. The zero-order valence-electron chi connectivity index (χ0n) is 15.9. The van der Waals surface area contributed by atoms with Crippen molar-refractivity contribution in [3.05, 3.63) is 82.3 Å². The number of amides is 1. The van der Waals surface area contributed by atoms with Crippen LogP contribution in [0.5, 0.6) is 0 Å². The summed E-state index contributed by atoms with van der Waals surface area (Å²) in [5.74, 6) is -3.38. The molecule has 1 amide bonds. The molecule has 0 saturated heterocycles. The van der Waals surface area contributed by atoms with Crippen LogP contribution in [0.1, 0.15) is 51.0 Å². The van der Waals surface area contributed by atoms with Crippen molar-refractivity contribution >= 4 is 29.4 Å². The standard InChI is InChI=1S/C22H20ClNO6/c23-16-3-1-2-15(11-16)14-6-4-13(5-7-14)10-17(12-20(25)26)24-21(27)18-8-9-19(30-18)22(28)29/h1-9,15,17H,10-12H2,(H,24,27)(H,25,26)(H,28,29)/t15?,17-/m1/s1. The van der Waals surface area contributed by atoms with Gasteiger partial charge in [-0.05, 0) is 42.2 Å². The maximum absolute atomic E-state index is 12.3. The Morgan fingerprint density at radius 1 is 1.10 bits per heavy atom. The third-order valence-corrected chi connectivity index (χ3v) is 5.00. The molecule has 0 spiro atoms. The van der Waals surface area contributed by atoms with E-state index >= 15 is 0 Å². The van der Waals surface area contributed by atoms with Gasteiger partial charge in [-0.3, -0.25) is 9.59 Å². The van der Waals surface area contributed by atoms with Crippen molar-refractivity contribution in [2.24, 2.45) is 0 Å². The SMILES string of the molecule is O=C(O)C[C@@H](Cc1ccc(C2C=CC=C(Cl)C2)cc1)NC(=O)c1ccc(C(=O)O)o1. The van der Waals surface area contributed by atoms with Gasteiger partial charge in [0.15, 0.2) is 5.76 Å². The third-order valence-electron chi connectivity index (χ3n) is 4.72. The Balaban J connectivity index is 1.67. The minimum atomic E-state index is -1.29. The van der Waals surface area contributed by atoms with Gasteiger partial charge in [0.25, 0.3) is 5.91 Å². The molecule has 3 N–H and O–H groups in total. The molecule has 0 bridgehead atoms.